The zero-order valence-electron chi connectivity index (χ0n) is 14.0. The molecular formula is C18H23N3O2S. The normalized spacial score (nSPS) is 20.2. The summed E-state index contributed by atoms with van der Waals surface area (Å²) in [7, 11) is 1.72. The van der Waals surface area contributed by atoms with Gasteiger partial charge in [0.2, 0.25) is 5.91 Å². The molecule has 0 spiro atoms. The molecule has 4 rings (SSSR count). The van der Waals surface area contributed by atoms with E-state index in [1.807, 2.05) is 21.7 Å². The van der Waals surface area contributed by atoms with Gasteiger partial charge in [-0.1, -0.05) is 0 Å². The highest BCUT2D eigenvalue weighted by molar-refractivity contribution is 7.07. The van der Waals surface area contributed by atoms with Crippen molar-refractivity contribution >= 4 is 17.2 Å². The second kappa shape index (κ2) is 6.69. The molecule has 0 saturated heterocycles. The van der Waals surface area contributed by atoms with Crippen molar-refractivity contribution in [3.8, 4) is 0 Å². The summed E-state index contributed by atoms with van der Waals surface area (Å²) in [6.07, 6.45) is 5.25. The van der Waals surface area contributed by atoms with Gasteiger partial charge in [0.15, 0.2) is 0 Å². The Morgan fingerprint density at radius 2 is 2.33 bits per heavy atom. The third-order valence-electron chi connectivity index (χ3n) is 4.86. The second-order valence-electron chi connectivity index (χ2n) is 6.94. The van der Waals surface area contributed by atoms with Gasteiger partial charge in [-0.25, -0.2) is 0 Å². The molecule has 0 radical (unpaired) electrons. The summed E-state index contributed by atoms with van der Waals surface area (Å²) < 4.78 is 7.47. The van der Waals surface area contributed by atoms with Crippen molar-refractivity contribution in [3.63, 3.8) is 0 Å². The third kappa shape index (κ3) is 3.39. The molecule has 1 aliphatic heterocycles. The summed E-state index contributed by atoms with van der Waals surface area (Å²) in [5.74, 6) is 1.16. The topological polar surface area (TPSA) is 47.4 Å². The lowest BCUT2D eigenvalue weighted by Gasteiger charge is -2.31. The minimum absolute atomic E-state index is 0.172. The molecule has 1 saturated carbocycles. The Morgan fingerprint density at radius 1 is 1.46 bits per heavy atom. The summed E-state index contributed by atoms with van der Waals surface area (Å²) in [6, 6.07) is 2.03. The average Bonchev–Trinajstić information content (AvgIpc) is 3.06. The molecular weight excluding hydrogens is 322 g/mol. The highest BCUT2D eigenvalue weighted by atomic mass is 32.1. The van der Waals surface area contributed by atoms with E-state index >= 15 is 0 Å². The summed E-state index contributed by atoms with van der Waals surface area (Å²) in [5.41, 5.74) is 3.41. The molecule has 0 bridgehead atoms. The number of nitrogens with zero attached hydrogens (tertiary/aromatic N) is 3. The SMILES string of the molecule is COC[C@@H]1CN(C(=O)Cc2ccsc2)Cc2cn(CC3CC3)nc21. The number of thiophene rings is 1. The van der Waals surface area contributed by atoms with Crippen LogP contribution in [0.2, 0.25) is 0 Å². The Balaban J connectivity index is 1.51. The minimum atomic E-state index is 0.172. The Morgan fingerprint density at radius 3 is 3.04 bits per heavy atom. The molecule has 1 atom stereocenters. The van der Waals surface area contributed by atoms with Crippen LogP contribution in [0, 0.1) is 5.92 Å². The highest BCUT2D eigenvalue weighted by Crippen LogP contribution is 2.32. The van der Waals surface area contributed by atoms with E-state index in [4.69, 9.17) is 9.84 Å². The summed E-state index contributed by atoms with van der Waals surface area (Å²) in [4.78, 5) is 14.6. The van der Waals surface area contributed by atoms with Crippen LogP contribution >= 0.6 is 11.3 Å². The number of methoxy groups -OCH3 is 1. The van der Waals surface area contributed by atoms with E-state index in [0.717, 1.165) is 23.7 Å². The molecule has 5 nitrogen and oxygen atoms in total. The first-order valence-corrected chi connectivity index (χ1v) is 9.51. The Bertz CT molecular complexity index is 706. The van der Waals surface area contributed by atoms with E-state index in [0.29, 0.717) is 26.1 Å². The number of carbonyl (C=O) groups is 1. The summed E-state index contributed by atoms with van der Waals surface area (Å²) >= 11 is 1.64. The maximum Gasteiger partial charge on any atom is 0.227 e. The lowest BCUT2D eigenvalue weighted by atomic mass is 9.97. The van der Waals surface area contributed by atoms with Crippen LogP contribution in [0.4, 0.5) is 0 Å². The Kier molecular flexibility index (Phi) is 4.41. The zero-order chi connectivity index (χ0) is 16.5. The van der Waals surface area contributed by atoms with Crippen molar-refractivity contribution in [1.82, 2.24) is 14.7 Å². The van der Waals surface area contributed by atoms with Crippen molar-refractivity contribution in [2.24, 2.45) is 5.92 Å². The number of aromatic nitrogens is 2. The fourth-order valence-electron chi connectivity index (χ4n) is 3.43. The molecule has 1 amide bonds. The first-order valence-electron chi connectivity index (χ1n) is 8.57. The summed E-state index contributed by atoms with van der Waals surface area (Å²) in [6.45, 7) is 2.98. The van der Waals surface area contributed by atoms with E-state index in [2.05, 4.69) is 10.9 Å². The predicted octanol–water partition coefficient (Wildman–Crippen LogP) is 2.67. The van der Waals surface area contributed by atoms with Gasteiger partial charge in [-0.15, -0.1) is 0 Å². The van der Waals surface area contributed by atoms with Gasteiger partial charge in [-0.3, -0.25) is 9.48 Å². The van der Waals surface area contributed by atoms with Gasteiger partial charge in [0.25, 0.3) is 0 Å². The number of rotatable bonds is 6. The zero-order valence-corrected chi connectivity index (χ0v) is 14.8. The second-order valence-corrected chi connectivity index (χ2v) is 7.72. The third-order valence-corrected chi connectivity index (χ3v) is 5.59. The maximum atomic E-state index is 12.7. The van der Waals surface area contributed by atoms with Crippen molar-refractivity contribution in [3.05, 3.63) is 39.8 Å². The van der Waals surface area contributed by atoms with Crippen LogP contribution in [-0.4, -0.2) is 40.8 Å². The predicted molar refractivity (Wildman–Crippen MR) is 93.0 cm³/mol. The average molecular weight is 345 g/mol. The van der Waals surface area contributed by atoms with Crippen LogP contribution < -0.4 is 0 Å². The van der Waals surface area contributed by atoms with Crippen LogP contribution in [0.1, 0.15) is 35.6 Å². The molecule has 3 heterocycles. The van der Waals surface area contributed by atoms with E-state index in [9.17, 15) is 4.79 Å². The number of hydrogen-bond acceptors (Lipinski definition) is 4. The molecule has 6 heteroatoms. The van der Waals surface area contributed by atoms with Crippen LogP contribution in [0.5, 0.6) is 0 Å². The molecule has 2 aromatic heterocycles. The standard InChI is InChI=1S/C18H23N3O2S/c1-23-11-16-9-20(17(22)6-14-4-5-24-12-14)8-15-10-21(19-18(15)16)7-13-2-3-13/h4-5,10,12-13,16H,2-3,6-9,11H2,1H3/t16-/m0/s1. The monoisotopic (exact) mass is 345 g/mol. The largest absolute Gasteiger partial charge is 0.384 e. The lowest BCUT2D eigenvalue weighted by Crippen LogP contribution is -2.40. The van der Waals surface area contributed by atoms with Crippen molar-refractivity contribution in [1.29, 1.82) is 0 Å². The smallest absolute Gasteiger partial charge is 0.227 e. The number of carbonyl (C=O) groups excluding carboxylic acids is 1. The van der Waals surface area contributed by atoms with Gasteiger partial charge in [0.1, 0.15) is 0 Å². The van der Waals surface area contributed by atoms with Crippen LogP contribution in [-0.2, 0) is 29.0 Å². The number of hydrogen-bond donors (Lipinski definition) is 0. The number of amides is 1. The molecule has 24 heavy (non-hydrogen) atoms. The maximum absolute atomic E-state index is 12.7. The molecule has 1 aliphatic carbocycles. The molecule has 2 aliphatic rings. The Labute approximate surface area is 146 Å². The quantitative estimate of drug-likeness (QED) is 0.809. The van der Waals surface area contributed by atoms with Gasteiger partial charge < -0.3 is 9.64 Å². The minimum Gasteiger partial charge on any atom is -0.384 e. The van der Waals surface area contributed by atoms with Gasteiger partial charge in [0, 0.05) is 44.4 Å². The van der Waals surface area contributed by atoms with Crippen molar-refractivity contribution < 1.29 is 9.53 Å². The molecule has 0 aromatic carbocycles. The molecule has 128 valence electrons. The van der Waals surface area contributed by atoms with E-state index in [1.54, 1.807) is 18.4 Å². The van der Waals surface area contributed by atoms with Crippen LogP contribution in [0.3, 0.4) is 0 Å². The van der Waals surface area contributed by atoms with Crippen molar-refractivity contribution in [2.45, 2.75) is 38.3 Å². The summed E-state index contributed by atoms with van der Waals surface area (Å²) in [5, 5.41) is 8.87. The van der Waals surface area contributed by atoms with Gasteiger partial charge >= 0.3 is 0 Å². The van der Waals surface area contributed by atoms with E-state index in [-0.39, 0.29) is 11.8 Å². The molecule has 1 fully saturated rings. The first-order chi connectivity index (χ1) is 11.7. The van der Waals surface area contributed by atoms with Gasteiger partial charge in [-0.2, -0.15) is 16.4 Å². The lowest BCUT2D eigenvalue weighted by molar-refractivity contribution is -0.132. The molecule has 0 N–H and O–H groups in total. The van der Waals surface area contributed by atoms with E-state index in [1.165, 1.54) is 18.4 Å². The van der Waals surface area contributed by atoms with Crippen molar-refractivity contribution in [2.75, 3.05) is 20.3 Å². The fraction of sp³-hybridized carbons (Fsp3) is 0.556. The van der Waals surface area contributed by atoms with Crippen LogP contribution in [0.25, 0.3) is 0 Å². The highest BCUT2D eigenvalue weighted by Gasteiger charge is 2.32. The van der Waals surface area contributed by atoms with Gasteiger partial charge in [-0.05, 0) is 41.1 Å². The molecule has 2 aromatic rings. The first kappa shape index (κ1) is 15.8. The molecule has 0 unspecified atom stereocenters. The van der Waals surface area contributed by atoms with Gasteiger partial charge in [0.05, 0.1) is 18.7 Å². The van der Waals surface area contributed by atoms with Crippen LogP contribution in [0.15, 0.2) is 23.0 Å². The van der Waals surface area contributed by atoms with E-state index < -0.39 is 0 Å². The fourth-order valence-corrected chi connectivity index (χ4v) is 4.10. The Hall–Kier alpha value is -1.66. The number of fused-ring (bicyclic) bond motifs is 1. The number of ether oxygens (including phenoxy) is 1.